The van der Waals surface area contributed by atoms with Gasteiger partial charge in [0.05, 0.1) is 20.8 Å². The Hall–Kier alpha value is -2.14. The van der Waals surface area contributed by atoms with E-state index in [0.29, 0.717) is 0 Å². The molecular formula is C25H27ClNO2S+. The highest BCUT2D eigenvalue weighted by Crippen LogP contribution is 2.36. The topological polar surface area (TPSA) is 22.9 Å². The number of hydrogen-bond donors (Lipinski definition) is 1. The standard InChI is InChI=1S/C25H26ClNO2S/c1-28-23-14-18-11-12-27(16-17-7-9-21(30-3)10-8-17)25(22(18)15-24(23)29-2)19-5-4-6-20(26)13-19/h4-10,13-15,25H,11-12,16H2,1-3H3/p+1/t25-/m1/s1. The van der Waals surface area contributed by atoms with Gasteiger partial charge < -0.3 is 14.4 Å². The van der Waals surface area contributed by atoms with Crippen LogP contribution in [0.2, 0.25) is 5.02 Å². The maximum absolute atomic E-state index is 6.38. The number of ether oxygens (including phenoxy) is 2. The van der Waals surface area contributed by atoms with Gasteiger partial charge in [-0.15, -0.1) is 11.8 Å². The van der Waals surface area contributed by atoms with Crippen LogP contribution in [0.1, 0.15) is 28.3 Å². The van der Waals surface area contributed by atoms with Crippen molar-refractivity contribution in [3.8, 4) is 11.5 Å². The van der Waals surface area contributed by atoms with E-state index in [0.717, 1.165) is 36.0 Å². The molecule has 156 valence electrons. The first kappa shape index (κ1) is 21.1. The molecule has 5 heteroatoms. The number of halogens is 1. The van der Waals surface area contributed by atoms with E-state index in [9.17, 15) is 0 Å². The molecule has 1 N–H and O–H groups in total. The van der Waals surface area contributed by atoms with E-state index in [4.69, 9.17) is 21.1 Å². The van der Waals surface area contributed by atoms with Crippen molar-refractivity contribution in [2.75, 3.05) is 27.0 Å². The second-order valence-corrected chi connectivity index (χ2v) is 8.89. The van der Waals surface area contributed by atoms with Gasteiger partial charge in [-0.3, -0.25) is 0 Å². The third-order valence-electron chi connectivity index (χ3n) is 5.85. The van der Waals surface area contributed by atoms with Crippen LogP contribution >= 0.6 is 23.4 Å². The quantitative estimate of drug-likeness (QED) is 0.556. The van der Waals surface area contributed by atoms with Crippen molar-refractivity contribution in [2.24, 2.45) is 0 Å². The molecule has 1 aliphatic rings. The zero-order valence-corrected chi connectivity index (χ0v) is 19.1. The summed E-state index contributed by atoms with van der Waals surface area (Å²) in [5, 5.41) is 0.767. The van der Waals surface area contributed by atoms with Crippen molar-refractivity contribution in [1.82, 2.24) is 0 Å². The number of thioether (sulfide) groups is 1. The lowest BCUT2D eigenvalue weighted by molar-refractivity contribution is -0.941. The molecule has 0 saturated carbocycles. The molecule has 0 spiro atoms. The summed E-state index contributed by atoms with van der Waals surface area (Å²) in [7, 11) is 3.39. The third-order valence-corrected chi connectivity index (χ3v) is 6.83. The predicted octanol–water partition coefficient (Wildman–Crippen LogP) is 4.81. The number of rotatable bonds is 6. The molecule has 4 rings (SSSR count). The summed E-state index contributed by atoms with van der Waals surface area (Å²) in [5.41, 5.74) is 5.18. The fraction of sp³-hybridized carbons (Fsp3) is 0.280. The van der Waals surface area contributed by atoms with Crippen molar-refractivity contribution in [3.63, 3.8) is 0 Å². The summed E-state index contributed by atoms with van der Waals surface area (Å²) < 4.78 is 11.2. The third kappa shape index (κ3) is 4.31. The molecule has 1 aliphatic heterocycles. The minimum absolute atomic E-state index is 0.187. The highest BCUT2D eigenvalue weighted by atomic mass is 35.5. The first-order valence-corrected chi connectivity index (χ1v) is 11.7. The number of hydrogen-bond acceptors (Lipinski definition) is 3. The van der Waals surface area contributed by atoms with Crippen molar-refractivity contribution in [3.05, 3.63) is 87.9 Å². The average molecular weight is 441 g/mol. The molecule has 0 saturated heterocycles. The number of quaternary nitrogens is 1. The number of methoxy groups -OCH3 is 2. The van der Waals surface area contributed by atoms with E-state index in [1.54, 1.807) is 26.0 Å². The monoisotopic (exact) mass is 440 g/mol. The number of nitrogens with one attached hydrogen (secondary N) is 1. The minimum Gasteiger partial charge on any atom is -0.493 e. The summed E-state index contributed by atoms with van der Waals surface area (Å²) >= 11 is 8.16. The fourth-order valence-electron chi connectivity index (χ4n) is 4.38. The van der Waals surface area contributed by atoms with Gasteiger partial charge in [0.25, 0.3) is 0 Å². The van der Waals surface area contributed by atoms with Crippen molar-refractivity contribution < 1.29 is 14.4 Å². The molecule has 1 unspecified atom stereocenters. The predicted molar refractivity (Wildman–Crippen MR) is 124 cm³/mol. The summed E-state index contributed by atoms with van der Waals surface area (Å²) in [4.78, 5) is 2.80. The Morgan fingerprint density at radius 3 is 2.40 bits per heavy atom. The Bertz CT molecular complexity index is 1020. The molecular weight excluding hydrogens is 414 g/mol. The Morgan fingerprint density at radius 2 is 1.73 bits per heavy atom. The molecule has 3 nitrogen and oxygen atoms in total. The molecule has 0 aliphatic carbocycles. The molecule has 3 aromatic carbocycles. The normalized spacial score (nSPS) is 18.0. The molecule has 1 heterocycles. The molecule has 0 radical (unpaired) electrons. The first-order chi connectivity index (χ1) is 14.6. The molecule has 3 aromatic rings. The van der Waals surface area contributed by atoms with Crippen LogP contribution in [-0.4, -0.2) is 27.0 Å². The van der Waals surface area contributed by atoms with E-state index < -0.39 is 0 Å². The SMILES string of the molecule is COc1cc2c(cc1OC)[C@@H](c1cccc(Cl)c1)[NH+](Cc1ccc(SC)cc1)CC2. The van der Waals surface area contributed by atoms with Crippen LogP contribution in [0.4, 0.5) is 0 Å². The van der Waals surface area contributed by atoms with E-state index in [2.05, 4.69) is 54.8 Å². The van der Waals surface area contributed by atoms with E-state index in [-0.39, 0.29) is 6.04 Å². The Kier molecular flexibility index (Phi) is 6.57. The zero-order valence-electron chi connectivity index (χ0n) is 17.6. The van der Waals surface area contributed by atoms with E-state index in [1.165, 1.54) is 32.0 Å². The Labute approximate surface area is 188 Å². The lowest BCUT2D eigenvalue weighted by Gasteiger charge is -2.35. The summed E-state index contributed by atoms with van der Waals surface area (Å²) in [6, 6.07) is 21.6. The second-order valence-electron chi connectivity index (χ2n) is 7.58. The maximum atomic E-state index is 6.38. The highest BCUT2D eigenvalue weighted by molar-refractivity contribution is 7.98. The second kappa shape index (κ2) is 9.34. The number of benzene rings is 3. The van der Waals surface area contributed by atoms with Crippen LogP contribution < -0.4 is 14.4 Å². The van der Waals surface area contributed by atoms with Gasteiger partial charge in [-0.1, -0.05) is 35.9 Å². The van der Waals surface area contributed by atoms with Crippen LogP contribution in [0.3, 0.4) is 0 Å². The van der Waals surface area contributed by atoms with Gasteiger partial charge in [-0.2, -0.15) is 0 Å². The summed E-state index contributed by atoms with van der Waals surface area (Å²) in [6.07, 6.45) is 3.11. The van der Waals surface area contributed by atoms with Crippen LogP contribution in [-0.2, 0) is 13.0 Å². The molecule has 0 bridgehead atoms. The first-order valence-electron chi connectivity index (χ1n) is 10.1. The maximum Gasteiger partial charge on any atom is 0.161 e. The van der Waals surface area contributed by atoms with Gasteiger partial charge in [0.15, 0.2) is 11.5 Å². The van der Waals surface area contributed by atoms with Gasteiger partial charge in [-0.25, -0.2) is 0 Å². The Morgan fingerprint density at radius 1 is 1.00 bits per heavy atom. The van der Waals surface area contributed by atoms with E-state index >= 15 is 0 Å². The van der Waals surface area contributed by atoms with Crippen LogP contribution in [0.25, 0.3) is 0 Å². The van der Waals surface area contributed by atoms with Gasteiger partial charge in [0.1, 0.15) is 12.6 Å². The molecule has 0 aromatic heterocycles. The summed E-state index contributed by atoms with van der Waals surface area (Å²) in [6.45, 7) is 2.00. The summed E-state index contributed by atoms with van der Waals surface area (Å²) in [5.74, 6) is 1.56. The van der Waals surface area contributed by atoms with Gasteiger partial charge >= 0.3 is 0 Å². The Balaban J connectivity index is 1.76. The minimum atomic E-state index is 0.187. The highest BCUT2D eigenvalue weighted by Gasteiger charge is 2.34. The molecule has 0 fully saturated rings. The lowest BCUT2D eigenvalue weighted by atomic mass is 9.87. The van der Waals surface area contributed by atoms with Crippen LogP contribution in [0.15, 0.2) is 65.6 Å². The smallest absolute Gasteiger partial charge is 0.161 e. The average Bonchev–Trinajstić information content (AvgIpc) is 2.78. The lowest BCUT2D eigenvalue weighted by Crippen LogP contribution is -3.12. The number of fused-ring (bicyclic) bond motifs is 1. The zero-order chi connectivity index (χ0) is 21.1. The van der Waals surface area contributed by atoms with Crippen molar-refractivity contribution in [2.45, 2.75) is 23.9 Å². The fourth-order valence-corrected chi connectivity index (χ4v) is 4.99. The van der Waals surface area contributed by atoms with Crippen LogP contribution in [0.5, 0.6) is 11.5 Å². The van der Waals surface area contributed by atoms with Gasteiger partial charge in [-0.05, 0) is 48.2 Å². The van der Waals surface area contributed by atoms with Crippen LogP contribution in [0, 0.1) is 0 Å². The van der Waals surface area contributed by atoms with Crippen molar-refractivity contribution in [1.29, 1.82) is 0 Å². The molecule has 2 atom stereocenters. The molecule has 30 heavy (non-hydrogen) atoms. The van der Waals surface area contributed by atoms with Gasteiger partial charge in [0.2, 0.25) is 0 Å². The molecule has 0 amide bonds. The van der Waals surface area contributed by atoms with Crippen molar-refractivity contribution >= 4 is 23.4 Å². The largest absolute Gasteiger partial charge is 0.493 e. The van der Waals surface area contributed by atoms with Gasteiger partial charge in [0, 0.05) is 33.0 Å². The van der Waals surface area contributed by atoms with E-state index in [1.807, 2.05) is 12.1 Å².